The van der Waals surface area contributed by atoms with Gasteiger partial charge in [0.2, 0.25) is 0 Å². The first-order valence-electron chi connectivity index (χ1n) is 4.10. The maximum absolute atomic E-state index is 10.9. The number of carbonyl (C=O) groups excluding carboxylic acids is 1. The van der Waals surface area contributed by atoms with Gasteiger partial charge in [0, 0.05) is 0 Å². The van der Waals surface area contributed by atoms with Crippen molar-refractivity contribution in [1.29, 1.82) is 0 Å². The van der Waals surface area contributed by atoms with E-state index >= 15 is 0 Å². The summed E-state index contributed by atoms with van der Waals surface area (Å²) in [5.74, 6) is 0.453. The highest BCUT2D eigenvalue weighted by Gasteiger charge is 2.41. The average molecular weight is 168 g/mol. The van der Waals surface area contributed by atoms with E-state index in [9.17, 15) is 4.79 Å². The highest BCUT2D eigenvalue weighted by atomic mass is 16.2. The molecule has 66 valence electrons. The molecule has 0 atom stereocenters. The van der Waals surface area contributed by atoms with Gasteiger partial charge >= 0.3 is 6.03 Å². The number of urea groups is 1. The van der Waals surface area contributed by atoms with E-state index in [2.05, 4.69) is 15.6 Å². The molecule has 0 aromatic carbocycles. The number of nitrogens with one attached hydrogen (secondary N) is 2. The number of amides is 2. The Bertz CT molecular complexity index is 242. The molecule has 5 heteroatoms. The lowest BCUT2D eigenvalue weighted by Gasteiger charge is -2.33. The van der Waals surface area contributed by atoms with Crippen molar-refractivity contribution in [3.63, 3.8) is 0 Å². The standard InChI is InChI=1S/C7H12N4O/c8-5-7(11-6(12)10-5)1-3-9-4-2-7/h9H,1-4H2,(H3,8,10,11,12). The zero-order valence-electron chi connectivity index (χ0n) is 6.76. The van der Waals surface area contributed by atoms with Gasteiger partial charge < -0.3 is 16.4 Å². The molecule has 0 unspecified atom stereocenters. The van der Waals surface area contributed by atoms with Gasteiger partial charge in [-0.3, -0.25) is 0 Å². The minimum atomic E-state index is -0.331. The van der Waals surface area contributed by atoms with Crippen LogP contribution in [0.3, 0.4) is 0 Å². The molecule has 2 aliphatic rings. The Hall–Kier alpha value is -1.10. The molecule has 0 radical (unpaired) electrons. The first kappa shape index (κ1) is 7.54. The number of piperidine rings is 1. The van der Waals surface area contributed by atoms with E-state index in [1.165, 1.54) is 0 Å². The number of amidine groups is 1. The van der Waals surface area contributed by atoms with Gasteiger partial charge in [0.1, 0.15) is 11.4 Å². The third-order valence-electron chi connectivity index (χ3n) is 2.52. The van der Waals surface area contributed by atoms with E-state index in [0.29, 0.717) is 5.84 Å². The SMILES string of the molecule is NC1=NC(=O)NC12CCNCC2. The smallest absolute Gasteiger partial charge is 0.343 e. The molecule has 4 N–H and O–H groups in total. The molecule has 5 nitrogen and oxygen atoms in total. The Morgan fingerprint density at radius 3 is 2.58 bits per heavy atom. The minimum absolute atomic E-state index is 0.297. The van der Waals surface area contributed by atoms with Gasteiger partial charge in [-0.15, -0.1) is 0 Å². The molecular formula is C7H12N4O. The van der Waals surface area contributed by atoms with Crippen LogP contribution in [-0.4, -0.2) is 30.5 Å². The van der Waals surface area contributed by atoms with Crippen LogP contribution in [-0.2, 0) is 0 Å². The van der Waals surface area contributed by atoms with Gasteiger partial charge in [0.15, 0.2) is 0 Å². The Morgan fingerprint density at radius 1 is 1.42 bits per heavy atom. The monoisotopic (exact) mass is 168 g/mol. The van der Waals surface area contributed by atoms with Gasteiger partial charge in [-0.2, -0.15) is 4.99 Å². The summed E-state index contributed by atoms with van der Waals surface area (Å²) in [6, 6.07) is -0.297. The number of aliphatic imine (C=N–C) groups is 1. The lowest BCUT2D eigenvalue weighted by atomic mass is 9.88. The summed E-state index contributed by atoms with van der Waals surface area (Å²) >= 11 is 0. The molecular weight excluding hydrogens is 156 g/mol. The summed E-state index contributed by atoms with van der Waals surface area (Å²) in [7, 11) is 0. The Balaban J connectivity index is 2.21. The first-order chi connectivity index (χ1) is 5.73. The molecule has 1 spiro atoms. The van der Waals surface area contributed by atoms with E-state index in [0.717, 1.165) is 25.9 Å². The largest absolute Gasteiger partial charge is 0.385 e. The predicted octanol–water partition coefficient (Wildman–Crippen LogP) is -0.811. The van der Waals surface area contributed by atoms with Crippen LogP contribution in [0.25, 0.3) is 0 Å². The number of carbonyl (C=O) groups is 1. The molecule has 1 fully saturated rings. The fraction of sp³-hybridized carbons (Fsp3) is 0.714. The summed E-state index contributed by atoms with van der Waals surface area (Å²) < 4.78 is 0. The second-order valence-corrected chi connectivity index (χ2v) is 3.26. The molecule has 0 saturated carbocycles. The Labute approximate surface area is 70.4 Å². The van der Waals surface area contributed by atoms with Gasteiger partial charge in [0.25, 0.3) is 0 Å². The number of nitrogens with zero attached hydrogens (tertiary/aromatic N) is 1. The molecule has 2 rings (SSSR count). The lowest BCUT2D eigenvalue weighted by molar-refractivity contribution is 0.241. The van der Waals surface area contributed by atoms with Crippen LogP contribution in [0.15, 0.2) is 4.99 Å². The predicted molar refractivity (Wildman–Crippen MR) is 45.0 cm³/mol. The van der Waals surface area contributed by atoms with Crippen LogP contribution in [0.2, 0.25) is 0 Å². The van der Waals surface area contributed by atoms with Crippen molar-refractivity contribution in [2.45, 2.75) is 18.4 Å². The van der Waals surface area contributed by atoms with Crippen molar-refractivity contribution in [2.75, 3.05) is 13.1 Å². The first-order valence-corrected chi connectivity index (χ1v) is 4.10. The molecule has 2 amide bonds. The molecule has 1 saturated heterocycles. The molecule has 12 heavy (non-hydrogen) atoms. The van der Waals surface area contributed by atoms with E-state index in [4.69, 9.17) is 5.73 Å². The molecule has 0 bridgehead atoms. The zero-order chi connectivity index (χ0) is 8.60. The van der Waals surface area contributed by atoms with Crippen LogP contribution >= 0.6 is 0 Å². The van der Waals surface area contributed by atoms with E-state index < -0.39 is 0 Å². The Morgan fingerprint density at radius 2 is 2.08 bits per heavy atom. The van der Waals surface area contributed by atoms with E-state index in [1.807, 2.05) is 0 Å². The summed E-state index contributed by atoms with van der Waals surface area (Å²) in [5, 5.41) is 6.02. The number of nitrogens with two attached hydrogens (primary N) is 1. The number of hydrogen-bond acceptors (Lipinski definition) is 3. The number of hydrogen-bond donors (Lipinski definition) is 3. The van der Waals surface area contributed by atoms with Crippen molar-refractivity contribution in [3.05, 3.63) is 0 Å². The van der Waals surface area contributed by atoms with Gasteiger partial charge in [0.05, 0.1) is 0 Å². The van der Waals surface area contributed by atoms with Crippen LogP contribution in [0.5, 0.6) is 0 Å². The summed E-state index contributed by atoms with van der Waals surface area (Å²) in [5.41, 5.74) is 5.34. The summed E-state index contributed by atoms with van der Waals surface area (Å²) in [4.78, 5) is 14.6. The van der Waals surface area contributed by atoms with Gasteiger partial charge in [-0.05, 0) is 25.9 Å². The minimum Gasteiger partial charge on any atom is -0.385 e. The van der Waals surface area contributed by atoms with Crippen LogP contribution in [0.1, 0.15) is 12.8 Å². The molecule has 2 heterocycles. The van der Waals surface area contributed by atoms with Crippen LogP contribution in [0.4, 0.5) is 4.79 Å². The van der Waals surface area contributed by atoms with Crippen molar-refractivity contribution in [2.24, 2.45) is 10.7 Å². The lowest BCUT2D eigenvalue weighted by Crippen LogP contribution is -2.57. The molecule has 0 aromatic heterocycles. The van der Waals surface area contributed by atoms with Crippen molar-refractivity contribution >= 4 is 11.9 Å². The van der Waals surface area contributed by atoms with Crippen LogP contribution < -0.4 is 16.4 Å². The third-order valence-corrected chi connectivity index (χ3v) is 2.52. The Kier molecular flexibility index (Phi) is 1.54. The third kappa shape index (κ3) is 0.972. The quantitative estimate of drug-likeness (QED) is 0.442. The van der Waals surface area contributed by atoms with Crippen molar-refractivity contribution in [3.8, 4) is 0 Å². The normalized spacial score (nSPS) is 27.0. The highest BCUT2D eigenvalue weighted by Crippen LogP contribution is 2.22. The summed E-state index contributed by atoms with van der Waals surface area (Å²) in [6.45, 7) is 1.77. The molecule has 2 aliphatic heterocycles. The van der Waals surface area contributed by atoms with E-state index in [-0.39, 0.29) is 11.6 Å². The topological polar surface area (TPSA) is 79.5 Å². The summed E-state index contributed by atoms with van der Waals surface area (Å²) in [6.07, 6.45) is 1.68. The average Bonchev–Trinajstić information content (AvgIpc) is 2.29. The second kappa shape index (κ2) is 2.45. The van der Waals surface area contributed by atoms with E-state index in [1.54, 1.807) is 0 Å². The van der Waals surface area contributed by atoms with Gasteiger partial charge in [-0.25, -0.2) is 4.79 Å². The highest BCUT2D eigenvalue weighted by molar-refractivity contribution is 6.05. The fourth-order valence-electron chi connectivity index (χ4n) is 1.75. The molecule has 0 aromatic rings. The van der Waals surface area contributed by atoms with Crippen LogP contribution in [0, 0.1) is 0 Å². The zero-order valence-corrected chi connectivity index (χ0v) is 6.76. The second-order valence-electron chi connectivity index (χ2n) is 3.26. The maximum Gasteiger partial charge on any atom is 0.343 e. The van der Waals surface area contributed by atoms with Crippen molar-refractivity contribution in [1.82, 2.24) is 10.6 Å². The van der Waals surface area contributed by atoms with Gasteiger partial charge in [-0.1, -0.05) is 0 Å². The number of rotatable bonds is 0. The maximum atomic E-state index is 10.9. The van der Waals surface area contributed by atoms with Crippen molar-refractivity contribution < 1.29 is 4.79 Å². The fourth-order valence-corrected chi connectivity index (χ4v) is 1.75. The molecule has 0 aliphatic carbocycles.